The van der Waals surface area contributed by atoms with Gasteiger partial charge >= 0.3 is 0 Å². The van der Waals surface area contributed by atoms with E-state index in [9.17, 15) is 4.39 Å². The highest BCUT2D eigenvalue weighted by Gasteiger charge is 2.08. The number of hydrogen-bond acceptors (Lipinski definition) is 2. The average Bonchev–Trinajstić information content (AvgIpc) is 2.42. The van der Waals surface area contributed by atoms with Crippen molar-refractivity contribution in [3.05, 3.63) is 62.3 Å². The third kappa shape index (κ3) is 3.81. The molecule has 0 unspecified atom stereocenters. The van der Waals surface area contributed by atoms with E-state index in [0.717, 1.165) is 27.9 Å². The second-order valence-corrected chi connectivity index (χ2v) is 6.00. The Hall–Kier alpha value is -0.910. The number of ether oxygens (including phenoxy) is 1. The monoisotopic (exact) mass is 401 g/mol. The summed E-state index contributed by atoms with van der Waals surface area (Å²) < 4.78 is 20.4. The number of rotatable bonds is 5. The molecule has 0 heterocycles. The molecule has 0 aliphatic carbocycles. The van der Waals surface area contributed by atoms with E-state index < -0.39 is 0 Å². The van der Waals surface area contributed by atoms with Crippen LogP contribution in [0.25, 0.3) is 0 Å². The van der Waals surface area contributed by atoms with Gasteiger partial charge in [-0.15, -0.1) is 0 Å². The summed E-state index contributed by atoms with van der Waals surface area (Å²) in [5, 5.41) is 3.11. The van der Waals surface area contributed by atoms with Crippen molar-refractivity contribution >= 4 is 31.9 Å². The molecule has 20 heavy (non-hydrogen) atoms. The Labute approximate surface area is 134 Å². The van der Waals surface area contributed by atoms with Gasteiger partial charge in [-0.3, -0.25) is 0 Å². The summed E-state index contributed by atoms with van der Waals surface area (Å²) in [6.45, 7) is 1.11. The highest BCUT2D eigenvalue weighted by atomic mass is 79.9. The fourth-order valence-electron chi connectivity index (χ4n) is 1.83. The van der Waals surface area contributed by atoms with Crippen LogP contribution >= 0.6 is 31.9 Å². The summed E-state index contributed by atoms with van der Waals surface area (Å²) in [6.07, 6.45) is 0. The number of halogens is 3. The maximum Gasteiger partial charge on any atom is 0.138 e. The van der Waals surface area contributed by atoms with E-state index in [4.69, 9.17) is 4.74 Å². The van der Waals surface area contributed by atoms with E-state index in [1.807, 2.05) is 25.2 Å². The molecule has 0 radical (unpaired) electrons. The van der Waals surface area contributed by atoms with E-state index in [1.165, 1.54) is 6.07 Å². The van der Waals surface area contributed by atoms with Crippen molar-refractivity contribution in [1.82, 2.24) is 5.32 Å². The van der Waals surface area contributed by atoms with Gasteiger partial charge in [0.25, 0.3) is 0 Å². The quantitative estimate of drug-likeness (QED) is 0.785. The van der Waals surface area contributed by atoms with E-state index in [1.54, 1.807) is 12.1 Å². The Morgan fingerprint density at radius 3 is 2.65 bits per heavy atom. The van der Waals surface area contributed by atoms with Crippen LogP contribution in [0.4, 0.5) is 4.39 Å². The van der Waals surface area contributed by atoms with E-state index in [-0.39, 0.29) is 5.82 Å². The minimum absolute atomic E-state index is 0.273. The first-order valence-corrected chi connectivity index (χ1v) is 7.69. The highest BCUT2D eigenvalue weighted by molar-refractivity contribution is 9.10. The second kappa shape index (κ2) is 7.20. The summed E-state index contributed by atoms with van der Waals surface area (Å²) in [6, 6.07) is 10.8. The van der Waals surface area contributed by atoms with Crippen LogP contribution in [-0.4, -0.2) is 7.05 Å². The smallest absolute Gasteiger partial charge is 0.138 e. The van der Waals surface area contributed by atoms with Crippen molar-refractivity contribution < 1.29 is 9.13 Å². The molecule has 2 nitrogen and oxygen atoms in total. The molecule has 2 aromatic rings. The minimum atomic E-state index is -0.273. The maximum absolute atomic E-state index is 13.2. The Bertz CT molecular complexity index is 604. The minimum Gasteiger partial charge on any atom is -0.487 e. The molecule has 0 bridgehead atoms. The molecule has 0 aliphatic heterocycles. The van der Waals surface area contributed by atoms with Gasteiger partial charge in [0.15, 0.2) is 0 Å². The van der Waals surface area contributed by atoms with Crippen LogP contribution in [0.5, 0.6) is 5.75 Å². The Morgan fingerprint density at radius 1 is 1.15 bits per heavy atom. The molecular formula is C15H14Br2FNO. The Balaban J connectivity index is 2.15. The lowest BCUT2D eigenvalue weighted by molar-refractivity contribution is 0.300. The molecule has 0 aromatic heterocycles. The van der Waals surface area contributed by atoms with Crippen molar-refractivity contribution in [2.45, 2.75) is 13.2 Å². The predicted octanol–water partition coefficient (Wildman–Crippen LogP) is 4.65. The van der Waals surface area contributed by atoms with Gasteiger partial charge < -0.3 is 10.1 Å². The Morgan fingerprint density at radius 2 is 1.95 bits per heavy atom. The topological polar surface area (TPSA) is 21.3 Å². The van der Waals surface area contributed by atoms with Gasteiger partial charge in [-0.05, 0) is 62.7 Å². The first-order valence-electron chi connectivity index (χ1n) is 6.10. The van der Waals surface area contributed by atoms with Crippen molar-refractivity contribution in [2.75, 3.05) is 7.05 Å². The molecule has 1 N–H and O–H groups in total. The van der Waals surface area contributed by atoms with Gasteiger partial charge in [-0.1, -0.05) is 18.2 Å². The number of nitrogens with one attached hydrogen (secondary N) is 1. The fraction of sp³-hybridized carbons (Fsp3) is 0.200. The predicted molar refractivity (Wildman–Crippen MR) is 85.3 cm³/mol. The molecule has 0 saturated heterocycles. The van der Waals surface area contributed by atoms with Crippen LogP contribution in [0.1, 0.15) is 11.1 Å². The number of benzene rings is 2. The molecule has 0 spiro atoms. The lowest BCUT2D eigenvalue weighted by Crippen LogP contribution is -2.08. The summed E-state index contributed by atoms with van der Waals surface area (Å²) in [5.41, 5.74) is 1.98. The Kier molecular flexibility index (Phi) is 5.57. The zero-order valence-electron chi connectivity index (χ0n) is 10.9. The summed E-state index contributed by atoms with van der Waals surface area (Å²) in [4.78, 5) is 0. The molecule has 0 atom stereocenters. The van der Waals surface area contributed by atoms with Crippen LogP contribution in [0.2, 0.25) is 0 Å². The first-order chi connectivity index (χ1) is 9.61. The van der Waals surface area contributed by atoms with E-state index in [2.05, 4.69) is 37.2 Å². The van der Waals surface area contributed by atoms with Gasteiger partial charge in [0.05, 0.1) is 8.95 Å². The molecule has 0 amide bonds. The van der Waals surface area contributed by atoms with Crippen LogP contribution < -0.4 is 10.1 Å². The molecule has 0 saturated carbocycles. The molecule has 5 heteroatoms. The van der Waals surface area contributed by atoms with Crippen LogP contribution in [-0.2, 0) is 13.2 Å². The van der Waals surface area contributed by atoms with Gasteiger partial charge in [-0.25, -0.2) is 4.39 Å². The van der Waals surface area contributed by atoms with Gasteiger partial charge in [-0.2, -0.15) is 0 Å². The largest absolute Gasteiger partial charge is 0.487 e. The highest BCUT2D eigenvalue weighted by Crippen LogP contribution is 2.30. The van der Waals surface area contributed by atoms with Gasteiger partial charge in [0.1, 0.15) is 18.2 Å². The normalized spacial score (nSPS) is 10.6. The summed E-state index contributed by atoms with van der Waals surface area (Å²) in [5.74, 6) is 0.535. The first kappa shape index (κ1) is 15.5. The van der Waals surface area contributed by atoms with Crippen LogP contribution in [0.3, 0.4) is 0 Å². The molecule has 2 aromatic carbocycles. The van der Waals surface area contributed by atoms with E-state index >= 15 is 0 Å². The summed E-state index contributed by atoms with van der Waals surface area (Å²) >= 11 is 6.67. The molecule has 0 aliphatic rings. The average molecular weight is 403 g/mol. The SMILES string of the molecule is CNCc1cccc(Br)c1OCc1ccc(F)c(Br)c1. The molecule has 2 rings (SSSR count). The molecule has 0 fully saturated rings. The van der Waals surface area contributed by atoms with Crippen molar-refractivity contribution in [3.63, 3.8) is 0 Å². The van der Waals surface area contributed by atoms with Crippen molar-refractivity contribution in [2.24, 2.45) is 0 Å². The van der Waals surface area contributed by atoms with E-state index in [0.29, 0.717) is 11.1 Å². The van der Waals surface area contributed by atoms with Gasteiger partial charge in [0.2, 0.25) is 0 Å². The molecular weight excluding hydrogens is 389 g/mol. The molecule has 106 valence electrons. The lowest BCUT2D eigenvalue weighted by Gasteiger charge is -2.13. The van der Waals surface area contributed by atoms with Crippen molar-refractivity contribution in [1.29, 1.82) is 0 Å². The number of hydrogen-bond donors (Lipinski definition) is 1. The lowest BCUT2D eigenvalue weighted by atomic mass is 10.2. The van der Waals surface area contributed by atoms with Crippen LogP contribution in [0, 0.1) is 5.82 Å². The standard InChI is InChI=1S/C15H14Br2FNO/c1-19-8-11-3-2-4-12(16)15(11)20-9-10-5-6-14(18)13(17)7-10/h2-7,19H,8-9H2,1H3. The third-order valence-electron chi connectivity index (χ3n) is 2.78. The third-order valence-corrected chi connectivity index (χ3v) is 4.02. The summed E-state index contributed by atoms with van der Waals surface area (Å²) in [7, 11) is 1.89. The van der Waals surface area contributed by atoms with Gasteiger partial charge in [0, 0.05) is 12.1 Å². The zero-order valence-corrected chi connectivity index (χ0v) is 14.1. The maximum atomic E-state index is 13.2. The van der Waals surface area contributed by atoms with Crippen molar-refractivity contribution in [3.8, 4) is 5.75 Å². The van der Waals surface area contributed by atoms with Crippen LogP contribution in [0.15, 0.2) is 45.3 Å². The second-order valence-electron chi connectivity index (χ2n) is 4.30. The zero-order chi connectivity index (χ0) is 14.5. The number of para-hydroxylation sites is 1. The fourth-order valence-corrected chi connectivity index (χ4v) is 2.78.